The van der Waals surface area contributed by atoms with Gasteiger partial charge in [0, 0.05) is 44.5 Å². The molecule has 0 bridgehead atoms. The van der Waals surface area contributed by atoms with E-state index in [1.54, 1.807) is 7.11 Å². The molecular weight excluding hydrogens is 262 g/mol. The maximum absolute atomic E-state index is 5.07. The quantitative estimate of drug-likeness (QED) is 0.796. The van der Waals surface area contributed by atoms with Crippen molar-refractivity contribution < 1.29 is 4.74 Å². The Kier molecular flexibility index (Phi) is 5.37. The molecule has 0 unspecified atom stereocenters. The number of rotatable bonds is 7. The molecule has 116 valence electrons. The number of nitrogens with zero attached hydrogens (tertiary/aromatic N) is 2. The molecule has 0 spiro atoms. The Morgan fingerprint density at radius 2 is 2.14 bits per heavy atom. The van der Waals surface area contributed by atoms with Gasteiger partial charge in [0.2, 0.25) is 0 Å². The van der Waals surface area contributed by atoms with Crippen LogP contribution in [0.5, 0.6) is 0 Å². The van der Waals surface area contributed by atoms with Crippen molar-refractivity contribution >= 4 is 11.0 Å². The zero-order valence-corrected chi connectivity index (χ0v) is 13.6. The van der Waals surface area contributed by atoms with E-state index in [0.29, 0.717) is 5.41 Å². The van der Waals surface area contributed by atoms with E-state index in [0.717, 1.165) is 38.3 Å². The molecule has 0 fully saturated rings. The van der Waals surface area contributed by atoms with Crippen LogP contribution in [0.3, 0.4) is 0 Å². The predicted octanol–water partition coefficient (Wildman–Crippen LogP) is 3.21. The van der Waals surface area contributed by atoms with Crippen molar-refractivity contribution in [1.29, 1.82) is 0 Å². The van der Waals surface area contributed by atoms with Gasteiger partial charge in [-0.05, 0) is 29.5 Å². The topological polar surface area (TPSA) is 39.1 Å². The fourth-order valence-corrected chi connectivity index (χ4v) is 2.36. The molecule has 2 rings (SSSR count). The Balaban J connectivity index is 2.14. The number of aromatic nitrogens is 2. The molecule has 0 aliphatic carbocycles. The molecule has 0 aliphatic heterocycles. The van der Waals surface area contributed by atoms with Gasteiger partial charge < -0.3 is 14.6 Å². The van der Waals surface area contributed by atoms with Crippen molar-refractivity contribution in [2.45, 2.75) is 40.3 Å². The summed E-state index contributed by atoms with van der Waals surface area (Å²) in [7, 11) is 1.73. The SMILES string of the molecule is COCCNCc1cn(CCC(C)(C)C)c2ncccc12. The number of fused-ring (bicyclic) bond motifs is 1. The van der Waals surface area contributed by atoms with E-state index >= 15 is 0 Å². The number of pyridine rings is 1. The highest BCUT2D eigenvalue weighted by molar-refractivity contribution is 5.80. The molecule has 4 heteroatoms. The molecule has 2 aromatic rings. The molecule has 0 saturated heterocycles. The second-order valence-corrected chi connectivity index (χ2v) is 6.70. The van der Waals surface area contributed by atoms with E-state index in [2.05, 4.69) is 47.9 Å². The first kappa shape index (κ1) is 16.0. The largest absolute Gasteiger partial charge is 0.383 e. The molecule has 2 aromatic heterocycles. The van der Waals surface area contributed by atoms with Crippen LogP contribution in [0.4, 0.5) is 0 Å². The second-order valence-electron chi connectivity index (χ2n) is 6.70. The van der Waals surface area contributed by atoms with Crippen LogP contribution in [0.25, 0.3) is 11.0 Å². The van der Waals surface area contributed by atoms with Gasteiger partial charge in [-0.1, -0.05) is 20.8 Å². The highest BCUT2D eigenvalue weighted by atomic mass is 16.5. The molecule has 0 aromatic carbocycles. The van der Waals surface area contributed by atoms with Gasteiger partial charge in [0.25, 0.3) is 0 Å². The van der Waals surface area contributed by atoms with Crippen LogP contribution in [0.1, 0.15) is 32.8 Å². The van der Waals surface area contributed by atoms with Crippen LogP contribution in [0, 0.1) is 5.41 Å². The lowest BCUT2D eigenvalue weighted by atomic mass is 9.92. The molecule has 0 amide bonds. The first-order valence-corrected chi connectivity index (χ1v) is 7.63. The number of nitrogens with one attached hydrogen (secondary N) is 1. The van der Waals surface area contributed by atoms with E-state index in [9.17, 15) is 0 Å². The maximum Gasteiger partial charge on any atom is 0.140 e. The summed E-state index contributed by atoms with van der Waals surface area (Å²) >= 11 is 0. The Morgan fingerprint density at radius 1 is 1.33 bits per heavy atom. The molecule has 21 heavy (non-hydrogen) atoms. The second kappa shape index (κ2) is 7.05. The maximum atomic E-state index is 5.07. The van der Waals surface area contributed by atoms with Crippen molar-refractivity contribution in [1.82, 2.24) is 14.9 Å². The minimum atomic E-state index is 0.336. The summed E-state index contributed by atoms with van der Waals surface area (Å²) in [5, 5.41) is 4.66. The lowest BCUT2D eigenvalue weighted by Gasteiger charge is -2.18. The average Bonchev–Trinajstić information content (AvgIpc) is 2.79. The summed E-state index contributed by atoms with van der Waals surface area (Å²) in [6.07, 6.45) is 5.26. The van der Waals surface area contributed by atoms with Crippen LogP contribution >= 0.6 is 0 Å². The van der Waals surface area contributed by atoms with Crippen molar-refractivity contribution in [3.8, 4) is 0 Å². The summed E-state index contributed by atoms with van der Waals surface area (Å²) in [6.45, 7) is 10.3. The van der Waals surface area contributed by atoms with E-state index in [1.807, 2.05) is 12.3 Å². The van der Waals surface area contributed by atoms with Gasteiger partial charge in [-0.3, -0.25) is 0 Å². The van der Waals surface area contributed by atoms with Gasteiger partial charge in [-0.15, -0.1) is 0 Å². The Morgan fingerprint density at radius 3 is 2.86 bits per heavy atom. The van der Waals surface area contributed by atoms with Crippen LogP contribution in [0.2, 0.25) is 0 Å². The highest BCUT2D eigenvalue weighted by Crippen LogP contribution is 2.24. The standard InChI is InChI=1S/C17H27N3O/c1-17(2,3)7-10-20-13-14(12-18-9-11-21-4)15-6-5-8-19-16(15)20/h5-6,8,13,18H,7,9-12H2,1-4H3. The van der Waals surface area contributed by atoms with Crippen molar-refractivity contribution in [3.05, 3.63) is 30.1 Å². The van der Waals surface area contributed by atoms with Gasteiger partial charge in [-0.25, -0.2) is 4.98 Å². The predicted molar refractivity (Wildman–Crippen MR) is 87.4 cm³/mol. The molecule has 0 saturated carbocycles. The number of hydrogen-bond donors (Lipinski definition) is 1. The average molecular weight is 289 g/mol. The third kappa shape index (κ3) is 4.55. The zero-order valence-electron chi connectivity index (χ0n) is 13.6. The van der Waals surface area contributed by atoms with Gasteiger partial charge in [0.1, 0.15) is 5.65 Å². The van der Waals surface area contributed by atoms with Crippen LogP contribution in [-0.2, 0) is 17.8 Å². The number of hydrogen-bond acceptors (Lipinski definition) is 3. The number of ether oxygens (including phenoxy) is 1. The molecule has 4 nitrogen and oxygen atoms in total. The van der Waals surface area contributed by atoms with E-state index in [-0.39, 0.29) is 0 Å². The van der Waals surface area contributed by atoms with Gasteiger partial charge in [0.15, 0.2) is 0 Å². The third-order valence-electron chi connectivity index (χ3n) is 3.62. The van der Waals surface area contributed by atoms with Gasteiger partial charge in [-0.2, -0.15) is 0 Å². The Labute approximate surface area is 127 Å². The lowest BCUT2D eigenvalue weighted by Crippen LogP contribution is -2.18. The number of methoxy groups -OCH3 is 1. The Hall–Kier alpha value is -1.39. The first-order chi connectivity index (χ1) is 10.0. The summed E-state index contributed by atoms with van der Waals surface area (Å²) in [6, 6.07) is 4.17. The monoisotopic (exact) mass is 289 g/mol. The molecule has 2 heterocycles. The first-order valence-electron chi connectivity index (χ1n) is 7.63. The molecule has 1 N–H and O–H groups in total. The van der Waals surface area contributed by atoms with Crippen LogP contribution in [-0.4, -0.2) is 29.8 Å². The number of aryl methyl sites for hydroxylation is 1. The fraction of sp³-hybridized carbons (Fsp3) is 0.588. The van der Waals surface area contributed by atoms with Crippen molar-refractivity contribution in [2.75, 3.05) is 20.3 Å². The highest BCUT2D eigenvalue weighted by Gasteiger charge is 2.13. The summed E-state index contributed by atoms with van der Waals surface area (Å²) in [5.74, 6) is 0. The lowest BCUT2D eigenvalue weighted by molar-refractivity contribution is 0.199. The van der Waals surface area contributed by atoms with E-state index in [1.165, 1.54) is 10.9 Å². The minimum Gasteiger partial charge on any atom is -0.383 e. The smallest absolute Gasteiger partial charge is 0.140 e. The van der Waals surface area contributed by atoms with Gasteiger partial charge in [0.05, 0.1) is 6.61 Å². The van der Waals surface area contributed by atoms with Crippen molar-refractivity contribution in [2.24, 2.45) is 5.41 Å². The van der Waals surface area contributed by atoms with Crippen LogP contribution in [0.15, 0.2) is 24.5 Å². The zero-order chi connectivity index (χ0) is 15.3. The fourth-order valence-electron chi connectivity index (χ4n) is 2.36. The molecule has 0 atom stereocenters. The molecule has 0 radical (unpaired) electrons. The third-order valence-corrected chi connectivity index (χ3v) is 3.62. The summed E-state index contributed by atoms with van der Waals surface area (Å²) in [4.78, 5) is 4.56. The van der Waals surface area contributed by atoms with Crippen molar-refractivity contribution in [3.63, 3.8) is 0 Å². The van der Waals surface area contributed by atoms with Gasteiger partial charge >= 0.3 is 0 Å². The molecule has 0 aliphatic rings. The normalized spacial score (nSPS) is 12.2. The summed E-state index contributed by atoms with van der Waals surface area (Å²) < 4.78 is 7.35. The minimum absolute atomic E-state index is 0.336. The Bertz CT molecular complexity index is 569. The van der Waals surface area contributed by atoms with E-state index in [4.69, 9.17) is 4.74 Å². The molecular formula is C17H27N3O. The van der Waals surface area contributed by atoms with E-state index < -0.39 is 0 Å². The summed E-state index contributed by atoms with van der Waals surface area (Å²) in [5.41, 5.74) is 2.73. The van der Waals surface area contributed by atoms with Crippen LogP contribution < -0.4 is 5.32 Å².